The Morgan fingerprint density at radius 2 is 1.88 bits per heavy atom. The Bertz CT molecular complexity index is 1140. The van der Waals surface area contributed by atoms with Crippen LogP contribution in [0.1, 0.15) is 43.9 Å². The Morgan fingerprint density at radius 1 is 1.19 bits per heavy atom. The molecule has 1 saturated heterocycles. The summed E-state index contributed by atoms with van der Waals surface area (Å²) in [5.74, 6) is -0.0574. The fourth-order valence-corrected chi connectivity index (χ4v) is 7.48. The van der Waals surface area contributed by atoms with Crippen LogP contribution in [0, 0.1) is 11.8 Å². The second-order valence-corrected chi connectivity index (χ2v) is 11.4. The van der Waals surface area contributed by atoms with Crippen molar-refractivity contribution in [3.8, 4) is 11.3 Å². The van der Waals surface area contributed by atoms with Crippen molar-refractivity contribution in [2.45, 2.75) is 57.3 Å². The van der Waals surface area contributed by atoms with Crippen LogP contribution in [0.15, 0.2) is 30.7 Å². The first-order valence-electron chi connectivity index (χ1n) is 11.0. The lowest BCUT2D eigenvalue weighted by atomic mass is 9.79. The number of fused-ring (bicyclic) bond motifs is 1. The maximum absolute atomic E-state index is 13.0. The van der Waals surface area contributed by atoms with Crippen LogP contribution in [0.2, 0.25) is 0 Å². The van der Waals surface area contributed by atoms with E-state index in [2.05, 4.69) is 35.7 Å². The predicted octanol–water partition coefficient (Wildman–Crippen LogP) is 3.71. The van der Waals surface area contributed by atoms with Gasteiger partial charge in [0.05, 0.1) is 17.6 Å². The molecule has 3 aliphatic rings. The number of rotatable bonds is 3. The first-order chi connectivity index (χ1) is 15.0. The molecule has 2 aromatic rings. The topological polar surface area (TPSA) is 67.2 Å². The maximum atomic E-state index is 13.0. The van der Waals surface area contributed by atoms with E-state index in [9.17, 15) is 21.6 Å². The molecule has 3 atom stereocenters. The van der Waals surface area contributed by atoms with Gasteiger partial charge in [-0.1, -0.05) is 12.1 Å². The molecule has 2 aliphatic carbocycles. The van der Waals surface area contributed by atoms with Crippen LogP contribution in [0.5, 0.6) is 0 Å². The van der Waals surface area contributed by atoms with Crippen molar-refractivity contribution in [1.29, 1.82) is 0 Å². The van der Waals surface area contributed by atoms with Crippen molar-refractivity contribution in [2.24, 2.45) is 11.8 Å². The number of nitrogens with zero attached hydrogens (tertiary/aromatic N) is 3. The molecule has 1 saturated carbocycles. The molecule has 1 spiro atoms. The van der Waals surface area contributed by atoms with Crippen molar-refractivity contribution < 1.29 is 21.6 Å². The maximum Gasteiger partial charge on any atom is 0.402 e. The van der Waals surface area contributed by atoms with E-state index in [1.807, 2.05) is 23.2 Å². The Labute approximate surface area is 186 Å². The molecule has 174 valence electrons. The summed E-state index contributed by atoms with van der Waals surface area (Å²) in [4.78, 5) is 4.52. The van der Waals surface area contributed by atoms with Crippen LogP contribution in [0.3, 0.4) is 0 Å². The molecule has 0 unspecified atom stereocenters. The largest absolute Gasteiger partial charge is 0.402 e. The van der Waals surface area contributed by atoms with E-state index in [1.165, 1.54) is 0 Å². The van der Waals surface area contributed by atoms with Gasteiger partial charge in [0.15, 0.2) is 0 Å². The highest BCUT2D eigenvalue weighted by molar-refractivity contribution is 7.87. The molecule has 1 aliphatic heterocycles. The highest BCUT2D eigenvalue weighted by atomic mass is 32.2. The zero-order valence-electron chi connectivity index (χ0n) is 18.1. The quantitative estimate of drug-likeness (QED) is 0.747. The van der Waals surface area contributed by atoms with Gasteiger partial charge < -0.3 is 4.57 Å². The number of hydrogen-bond donors (Lipinski definition) is 1. The average Bonchev–Trinajstić information content (AvgIpc) is 3.31. The molecular weight excluding hydrogens is 441 g/mol. The lowest BCUT2D eigenvalue weighted by Crippen LogP contribution is -2.52. The Hall–Kier alpha value is -1.91. The number of nitrogens with one attached hydrogen (secondary N) is 1. The summed E-state index contributed by atoms with van der Waals surface area (Å²) in [6.07, 6.45) is 2.18. The summed E-state index contributed by atoms with van der Waals surface area (Å²) in [7, 11) is -4.16. The summed E-state index contributed by atoms with van der Waals surface area (Å²) in [5.41, 5.74) is 3.32. The van der Waals surface area contributed by atoms with Crippen LogP contribution < -0.4 is 4.72 Å². The number of alkyl halides is 3. The summed E-state index contributed by atoms with van der Waals surface area (Å²) >= 11 is 0. The Kier molecular flexibility index (Phi) is 5.00. The molecular formula is C22H27F3N4O2S. The van der Waals surface area contributed by atoms with Crippen LogP contribution in [-0.4, -0.2) is 47.1 Å². The third kappa shape index (κ3) is 3.66. The van der Waals surface area contributed by atoms with Gasteiger partial charge in [-0.05, 0) is 68.6 Å². The van der Waals surface area contributed by atoms with Crippen molar-refractivity contribution in [1.82, 2.24) is 18.6 Å². The molecule has 1 aromatic heterocycles. The standard InChI is InChI=1S/C22H27F3N4O2S/c1-14(2)28-10-20(26-13-28)16-4-3-15-8-18-5-6-19(9-17(15)7-16)21(18)11-29(12-22(23,24)25)32(30,31)27-21/h3-4,7,10,13-14,18-19,27H,5-6,8-9,11-12H2,1-2H3/t18-,19+,21+/m0/s1. The summed E-state index contributed by atoms with van der Waals surface area (Å²) in [5, 5.41) is 0. The molecule has 10 heteroatoms. The first-order valence-corrected chi connectivity index (χ1v) is 12.4. The number of hydrogen-bond acceptors (Lipinski definition) is 3. The van der Waals surface area contributed by atoms with Crippen LogP contribution >= 0.6 is 0 Å². The zero-order valence-corrected chi connectivity index (χ0v) is 18.9. The monoisotopic (exact) mass is 468 g/mol. The number of aromatic nitrogens is 2. The molecule has 2 bridgehead atoms. The van der Waals surface area contributed by atoms with E-state index < -0.39 is 28.5 Å². The lowest BCUT2D eigenvalue weighted by molar-refractivity contribution is -0.136. The highest BCUT2D eigenvalue weighted by Gasteiger charge is 2.60. The van der Waals surface area contributed by atoms with Crippen molar-refractivity contribution in [3.05, 3.63) is 41.9 Å². The molecule has 2 fully saturated rings. The lowest BCUT2D eigenvalue weighted by Gasteiger charge is -2.33. The molecule has 1 aromatic carbocycles. The van der Waals surface area contributed by atoms with Crippen molar-refractivity contribution in [3.63, 3.8) is 0 Å². The predicted molar refractivity (Wildman–Crippen MR) is 114 cm³/mol. The number of imidazole rings is 1. The van der Waals surface area contributed by atoms with Gasteiger partial charge in [0.2, 0.25) is 0 Å². The average molecular weight is 469 g/mol. The van der Waals surface area contributed by atoms with Crippen LogP contribution in [-0.2, 0) is 23.1 Å². The molecule has 2 heterocycles. The first kappa shape index (κ1) is 21.9. The number of benzene rings is 1. The molecule has 32 heavy (non-hydrogen) atoms. The third-order valence-corrected chi connectivity index (χ3v) is 8.98. The minimum Gasteiger partial charge on any atom is -0.334 e. The third-order valence-electron chi connectivity index (χ3n) is 7.41. The van der Waals surface area contributed by atoms with E-state index in [-0.39, 0.29) is 18.4 Å². The summed E-state index contributed by atoms with van der Waals surface area (Å²) in [6.45, 7) is 2.61. The van der Waals surface area contributed by atoms with Gasteiger partial charge in [0, 0.05) is 24.3 Å². The van der Waals surface area contributed by atoms with Gasteiger partial charge in [-0.2, -0.15) is 30.6 Å². The van der Waals surface area contributed by atoms with Gasteiger partial charge in [-0.3, -0.25) is 0 Å². The smallest absolute Gasteiger partial charge is 0.334 e. The van der Waals surface area contributed by atoms with Crippen LogP contribution in [0.25, 0.3) is 11.3 Å². The van der Waals surface area contributed by atoms with Crippen LogP contribution in [0.4, 0.5) is 13.2 Å². The van der Waals surface area contributed by atoms with E-state index in [0.29, 0.717) is 23.2 Å². The minimum atomic E-state index is -4.57. The highest BCUT2D eigenvalue weighted by Crippen LogP contribution is 2.50. The molecule has 6 nitrogen and oxygen atoms in total. The summed E-state index contributed by atoms with van der Waals surface area (Å²) in [6, 6.07) is 6.53. The zero-order chi connectivity index (χ0) is 22.9. The SMILES string of the molecule is CC(C)n1cnc(-c2ccc3c(c2)C[C@H]2CC[C@@H](C3)[C@]23CN(CC(F)(F)F)S(=O)(=O)N3)c1. The van der Waals surface area contributed by atoms with Gasteiger partial charge in [0.1, 0.15) is 6.54 Å². The fraction of sp³-hybridized carbons (Fsp3) is 0.591. The Morgan fingerprint density at radius 3 is 2.50 bits per heavy atom. The van der Waals surface area contributed by atoms with Gasteiger partial charge in [-0.15, -0.1) is 0 Å². The molecule has 0 amide bonds. The minimum absolute atomic E-state index is 0.0206. The second-order valence-electron chi connectivity index (χ2n) is 9.69. The second kappa shape index (κ2) is 7.30. The van der Waals surface area contributed by atoms with Gasteiger partial charge >= 0.3 is 6.18 Å². The summed E-state index contributed by atoms with van der Waals surface area (Å²) < 4.78 is 69.6. The van der Waals surface area contributed by atoms with E-state index >= 15 is 0 Å². The van der Waals surface area contributed by atoms with Crippen molar-refractivity contribution in [2.75, 3.05) is 13.1 Å². The molecule has 0 radical (unpaired) electrons. The molecule has 1 N–H and O–H groups in total. The number of halogens is 3. The fourth-order valence-electron chi connectivity index (χ4n) is 5.77. The van der Waals surface area contributed by atoms with Gasteiger partial charge in [0.25, 0.3) is 10.2 Å². The van der Waals surface area contributed by atoms with E-state index in [1.54, 1.807) is 0 Å². The molecule has 5 rings (SSSR count). The normalized spacial score (nSPS) is 29.6. The Balaban J connectivity index is 1.46. The van der Waals surface area contributed by atoms with Gasteiger partial charge in [-0.25, -0.2) is 4.98 Å². The van der Waals surface area contributed by atoms with E-state index in [4.69, 9.17) is 0 Å². The van der Waals surface area contributed by atoms with E-state index in [0.717, 1.165) is 35.2 Å². The van der Waals surface area contributed by atoms with Crippen molar-refractivity contribution >= 4 is 10.2 Å².